The number of nitrogens with two attached hydrogens (primary N) is 1. The van der Waals surface area contributed by atoms with Gasteiger partial charge >= 0.3 is 0 Å². The van der Waals surface area contributed by atoms with Crippen molar-refractivity contribution < 1.29 is 9.59 Å². The van der Waals surface area contributed by atoms with Gasteiger partial charge in [0.1, 0.15) is 6.54 Å². The molecule has 0 fully saturated rings. The Balaban J connectivity index is 1.60. The number of hydrogen-bond donors (Lipinski definition) is 2. The van der Waals surface area contributed by atoms with E-state index < -0.39 is 0 Å². The largest absolute Gasteiger partial charge is 0.399 e. The molecule has 4 rings (SSSR count). The van der Waals surface area contributed by atoms with Gasteiger partial charge in [-0.25, -0.2) is 0 Å². The first-order valence-corrected chi connectivity index (χ1v) is 9.29. The number of carbonyl (C=O) groups is 2. The fourth-order valence-electron chi connectivity index (χ4n) is 3.10. The molecule has 29 heavy (non-hydrogen) atoms. The molecule has 144 valence electrons. The van der Waals surface area contributed by atoms with Crippen LogP contribution in [0.2, 0.25) is 5.02 Å². The molecule has 0 aliphatic heterocycles. The third-order valence-electron chi connectivity index (χ3n) is 4.50. The lowest BCUT2D eigenvalue weighted by atomic mass is 10.0. The lowest BCUT2D eigenvalue weighted by Gasteiger charge is -2.12. The number of aromatic nitrogens is 2. The molecule has 0 unspecified atom stereocenters. The van der Waals surface area contributed by atoms with Gasteiger partial charge in [0, 0.05) is 27.2 Å². The van der Waals surface area contributed by atoms with Crippen LogP contribution in [-0.4, -0.2) is 21.5 Å². The van der Waals surface area contributed by atoms with Crippen LogP contribution in [0, 0.1) is 0 Å². The van der Waals surface area contributed by atoms with Gasteiger partial charge in [0.25, 0.3) is 0 Å². The van der Waals surface area contributed by atoms with Crippen molar-refractivity contribution in [1.82, 2.24) is 9.78 Å². The van der Waals surface area contributed by atoms with Crippen LogP contribution >= 0.6 is 11.6 Å². The van der Waals surface area contributed by atoms with Crippen LogP contribution in [0.4, 0.5) is 11.4 Å². The van der Waals surface area contributed by atoms with E-state index in [1.54, 1.807) is 65.5 Å². The number of carbonyl (C=O) groups excluding carboxylic acids is 2. The number of hydrogen-bond acceptors (Lipinski definition) is 4. The predicted molar refractivity (Wildman–Crippen MR) is 114 cm³/mol. The number of halogens is 1. The fourth-order valence-corrected chi connectivity index (χ4v) is 3.27. The van der Waals surface area contributed by atoms with Crippen LogP contribution < -0.4 is 11.1 Å². The van der Waals surface area contributed by atoms with Crippen molar-refractivity contribution in [3.8, 4) is 0 Å². The highest BCUT2D eigenvalue weighted by Crippen LogP contribution is 2.24. The van der Waals surface area contributed by atoms with Crippen LogP contribution in [0.1, 0.15) is 15.9 Å². The molecule has 1 aromatic heterocycles. The summed E-state index contributed by atoms with van der Waals surface area (Å²) in [5.41, 5.74) is 8.42. The van der Waals surface area contributed by atoms with Crippen molar-refractivity contribution in [3.05, 3.63) is 89.1 Å². The molecular weight excluding hydrogens is 388 g/mol. The van der Waals surface area contributed by atoms with Crippen molar-refractivity contribution in [2.45, 2.75) is 6.54 Å². The fraction of sp³-hybridized carbons (Fsp3) is 0.0455. The van der Waals surface area contributed by atoms with Gasteiger partial charge in [-0.05, 0) is 36.4 Å². The van der Waals surface area contributed by atoms with Gasteiger partial charge in [0.05, 0.1) is 17.4 Å². The van der Waals surface area contributed by atoms with Crippen molar-refractivity contribution in [2.75, 3.05) is 11.1 Å². The molecular formula is C22H17ClN4O2. The van der Waals surface area contributed by atoms with Crippen molar-refractivity contribution in [1.29, 1.82) is 0 Å². The normalized spacial score (nSPS) is 10.8. The zero-order chi connectivity index (χ0) is 20.4. The smallest absolute Gasteiger partial charge is 0.246 e. The molecule has 0 saturated carbocycles. The number of benzene rings is 3. The molecule has 0 aliphatic carbocycles. The Bertz CT molecular complexity index is 1220. The summed E-state index contributed by atoms with van der Waals surface area (Å²) in [5.74, 6) is -0.539. The van der Waals surface area contributed by atoms with E-state index in [9.17, 15) is 9.59 Å². The van der Waals surface area contributed by atoms with Crippen molar-refractivity contribution in [3.63, 3.8) is 0 Å². The summed E-state index contributed by atoms with van der Waals surface area (Å²) in [6, 6.07) is 19.0. The third-order valence-corrected chi connectivity index (χ3v) is 4.73. The van der Waals surface area contributed by atoms with Crippen molar-refractivity contribution >= 4 is 45.6 Å². The number of anilines is 2. The Morgan fingerprint density at radius 3 is 2.62 bits per heavy atom. The summed E-state index contributed by atoms with van der Waals surface area (Å²) in [7, 11) is 0. The summed E-state index contributed by atoms with van der Waals surface area (Å²) >= 11 is 6.09. The minimum absolute atomic E-state index is 0.0193. The van der Waals surface area contributed by atoms with Crippen LogP contribution in [0.3, 0.4) is 0 Å². The van der Waals surface area contributed by atoms with Crippen LogP contribution in [-0.2, 0) is 11.3 Å². The summed E-state index contributed by atoms with van der Waals surface area (Å²) < 4.78 is 1.57. The van der Waals surface area contributed by atoms with Gasteiger partial charge in [-0.2, -0.15) is 5.10 Å². The topological polar surface area (TPSA) is 90.0 Å². The SMILES string of the molecule is Nc1ccc2cnn(CC(=O)Nc3ccc(Cl)cc3C(=O)c3ccccc3)c2c1. The first-order valence-electron chi connectivity index (χ1n) is 8.91. The van der Waals surface area contributed by atoms with Crippen LogP contribution in [0.15, 0.2) is 72.9 Å². The van der Waals surface area contributed by atoms with Gasteiger partial charge in [-0.15, -0.1) is 0 Å². The molecule has 0 spiro atoms. The number of rotatable bonds is 5. The predicted octanol–water partition coefficient (Wildman–Crippen LogP) is 4.14. The molecule has 0 aliphatic rings. The summed E-state index contributed by atoms with van der Waals surface area (Å²) in [6.07, 6.45) is 1.68. The molecule has 6 nitrogen and oxygen atoms in total. The minimum atomic E-state index is -0.318. The summed E-state index contributed by atoms with van der Waals surface area (Å²) in [6.45, 7) is -0.0193. The molecule has 0 atom stereocenters. The number of nitrogens with zero attached hydrogens (tertiary/aromatic N) is 2. The van der Waals surface area contributed by atoms with Gasteiger partial charge in [0.15, 0.2) is 5.78 Å². The lowest BCUT2D eigenvalue weighted by Crippen LogP contribution is -2.21. The van der Waals surface area contributed by atoms with E-state index in [2.05, 4.69) is 10.4 Å². The second-order valence-corrected chi connectivity index (χ2v) is 6.99. The molecule has 7 heteroatoms. The zero-order valence-electron chi connectivity index (χ0n) is 15.3. The Hall–Kier alpha value is -3.64. The van der Waals surface area contributed by atoms with E-state index in [1.165, 1.54) is 0 Å². The third kappa shape index (κ3) is 3.97. The summed E-state index contributed by atoms with van der Waals surface area (Å²) in [5, 5.41) is 8.35. The number of ketones is 1. The maximum atomic E-state index is 12.9. The average Bonchev–Trinajstić information content (AvgIpc) is 3.11. The Kier molecular flexibility index (Phi) is 5.01. The Morgan fingerprint density at radius 2 is 1.83 bits per heavy atom. The Labute approximate surface area is 171 Å². The number of nitrogens with one attached hydrogen (secondary N) is 1. The highest BCUT2D eigenvalue weighted by molar-refractivity contribution is 6.31. The highest BCUT2D eigenvalue weighted by Gasteiger charge is 2.17. The van der Waals surface area contributed by atoms with E-state index in [4.69, 9.17) is 17.3 Å². The second-order valence-electron chi connectivity index (χ2n) is 6.55. The van der Waals surface area contributed by atoms with E-state index in [0.717, 1.165) is 10.9 Å². The van der Waals surface area contributed by atoms with E-state index in [-0.39, 0.29) is 18.2 Å². The summed E-state index contributed by atoms with van der Waals surface area (Å²) in [4.78, 5) is 25.5. The molecule has 1 heterocycles. The van der Waals surface area contributed by atoms with Crippen molar-refractivity contribution in [2.24, 2.45) is 0 Å². The van der Waals surface area contributed by atoms with Gasteiger partial charge in [0.2, 0.25) is 5.91 Å². The minimum Gasteiger partial charge on any atom is -0.399 e. The number of nitrogen functional groups attached to an aromatic ring is 1. The quantitative estimate of drug-likeness (QED) is 0.386. The highest BCUT2D eigenvalue weighted by atomic mass is 35.5. The second kappa shape index (κ2) is 7.77. The van der Waals surface area contributed by atoms with Gasteiger partial charge in [-0.3, -0.25) is 14.3 Å². The molecule has 0 bridgehead atoms. The van der Waals surface area contributed by atoms with Gasteiger partial charge < -0.3 is 11.1 Å². The molecule has 1 amide bonds. The van der Waals surface area contributed by atoms with Gasteiger partial charge in [-0.1, -0.05) is 41.9 Å². The molecule has 3 aromatic carbocycles. The Morgan fingerprint density at radius 1 is 1.03 bits per heavy atom. The van der Waals surface area contributed by atoms with Crippen LogP contribution in [0.5, 0.6) is 0 Å². The van der Waals surface area contributed by atoms with E-state index in [1.807, 2.05) is 12.1 Å². The molecule has 3 N–H and O–H groups in total. The maximum Gasteiger partial charge on any atom is 0.246 e. The average molecular weight is 405 g/mol. The molecule has 0 radical (unpaired) electrons. The lowest BCUT2D eigenvalue weighted by molar-refractivity contribution is -0.116. The van der Waals surface area contributed by atoms with E-state index in [0.29, 0.717) is 27.5 Å². The molecule has 0 saturated heterocycles. The number of amides is 1. The monoisotopic (exact) mass is 404 g/mol. The van der Waals surface area contributed by atoms with E-state index >= 15 is 0 Å². The maximum absolute atomic E-state index is 12.9. The first-order chi connectivity index (χ1) is 14.0. The van der Waals surface area contributed by atoms with Crippen LogP contribution in [0.25, 0.3) is 10.9 Å². The molecule has 4 aromatic rings. The zero-order valence-corrected chi connectivity index (χ0v) is 16.1. The number of fused-ring (bicyclic) bond motifs is 1. The first kappa shape index (κ1) is 18.7. The standard InChI is InChI=1S/C22H17ClN4O2/c23-16-7-9-19(18(10-16)22(29)14-4-2-1-3-5-14)26-21(28)13-27-20-11-17(24)8-6-15(20)12-25-27/h1-12H,13,24H2,(H,26,28).